The number of aromatic carboxylic acids is 1. The van der Waals surface area contributed by atoms with Crippen molar-refractivity contribution in [2.45, 2.75) is 26.3 Å². The van der Waals surface area contributed by atoms with E-state index in [9.17, 15) is 14.0 Å². The summed E-state index contributed by atoms with van der Waals surface area (Å²) < 4.78 is 13.4. The van der Waals surface area contributed by atoms with Crippen LogP contribution in [0.4, 0.5) is 10.1 Å². The number of nitrogens with two attached hydrogens (primary N) is 1. The van der Waals surface area contributed by atoms with Crippen molar-refractivity contribution in [1.29, 1.82) is 0 Å². The maximum Gasteiger partial charge on any atom is 0.338 e. The van der Waals surface area contributed by atoms with E-state index < -0.39 is 17.3 Å². The van der Waals surface area contributed by atoms with Crippen molar-refractivity contribution >= 4 is 17.6 Å². The Morgan fingerprint density at radius 2 is 2.05 bits per heavy atom. The lowest BCUT2D eigenvalue weighted by molar-refractivity contribution is -0.116. The normalized spacial score (nSPS) is 12.3. The highest BCUT2D eigenvalue weighted by molar-refractivity contribution is 5.92. The Hall–Kier alpha value is -1.95. The van der Waals surface area contributed by atoms with Gasteiger partial charge >= 0.3 is 5.97 Å². The van der Waals surface area contributed by atoms with E-state index in [0.717, 1.165) is 12.1 Å². The largest absolute Gasteiger partial charge is 0.478 e. The number of carboxylic acid groups (broad SMARTS) is 1. The van der Waals surface area contributed by atoms with Gasteiger partial charge in [0.25, 0.3) is 0 Å². The van der Waals surface area contributed by atoms with Crippen LogP contribution in [0, 0.1) is 11.7 Å². The summed E-state index contributed by atoms with van der Waals surface area (Å²) in [5.41, 5.74) is 5.53. The molecule has 1 aromatic rings. The average molecular weight is 268 g/mol. The van der Waals surface area contributed by atoms with Gasteiger partial charge < -0.3 is 16.2 Å². The van der Waals surface area contributed by atoms with E-state index in [4.69, 9.17) is 10.8 Å². The van der Waals surface area contributed by atoms with Crippen molar-refractivity contribution in [3.8, 4) is 0 Å². The van der Waals surface area contributed by atoms with Gasteiger partial charge in [0, 0.05) is 18.2 Å². The minimum absolute atomic E-state index is 0.125. The fourth-order valence-electron chi connectivity index (χ4n) is 1.43. The number of rotatable bonds is 5. The van der Waals surface area contributed by atoms with Crippen LogP contribution in [0.1, 0.15) is 30.6 Å². The summed E-state index contributed by atoms with van der Waals surface area (Å²) in [7, 11) is 0. The molecule has 1 unspecified atom stereocenters. The van der Waals surface area contributed by atoms with Gasteiger partial charge in [0.05, 0.1) is 5.56 Å². The van der Waals surface area contributed by atoms with Crippen LogP contribution in [0.2, 0.25) is 0 Å². The highest BCUT2D eigenvalue weighted by Gasteiger charge is 2.15. The monoisotopic (exact) mass is 268 g/mol. The lowest BCUT2D eigenvalue weighted by atomic mass is 10.0. The molecule has 1 aromatic carbocycles. The average Bonchev–Trinajstić information content (AvgIpc) is 2.27. The number of carbonyl (C=O) groups excluding carboxylic acids is 1. The molecule has 1 rings (SSSR count). The molecule has 104 valence electrons. The molecule has 0 spiro atoms. The van der Waals surface area contributed by atoms with Crippen molar-refractivity contribution in [1.82, 2.24) is 0 Å². The number of hydrogen-bond acceptors (Lipinski definition) is 3. The Kier molecular flexibility index (Phi) is 5.00. The predicted molar refractivity (Wildman–Crippen MR) is 69.4 cm³/mol. The van der Waals surface area contributed by atoms with Gasteiger partial charge in [0.1, 0.15) is 5.82 Å². The van der Waals surface area contributed by atoms with Crippen molar-refractivity contribution in [3.63, 3.8) is 0 Å². The van der Waals surface area contributed by atoms with Crippen LogP contribution < -0.4 is 11.1 Å². The van der Waals surface area contributed by atoms with Crippen molar-refractivity contribution < 1.29 is 19.1 Å². The van der Waals surface area contributed by atoms with Crippen LogP contribution in [0.15, 0.2) is 18.2 Å². The summed E-state index contributed by atoms with van der Waals surface area (Å²) in [6, 6.07) is 3.15. The minimum Gasteiger partial charge on any atom is -0.478 e. The van der Waals surface area contributed by atoms with E-state index in [1.54, 1.807) is 0 Å². The second-order valence-electron chi connectivity index (χ2n) is 4.66. The number of amides is 1. The number of carboxylic acids is 1. The zero-order valence-electron chi connectivity index (χ0n) is 10.8. The van der Waals surface area contributed by atoms with Crippen molar-refractivity contribution in [3.05, 3.63) is 29.6 Å². The smallest absolute Gasteiger partial charge is 0.338 e. The van der Waals surface area contributed by atoms with Gasteiger partial charge in [-0.1, -0.05) is 13.8 Å². The summed E-state index contributed by atoms with van der Waals surface area (Å²) >= 11 is 0. The lowest BCUT2D eigenvalue weighted by Gasteiger charge is -2.15. The number of halogens is 1. The molecular formula is C13H17FN2O3. The summed E-state index contributed by atoms with van der Waals surface area (Å²) in [5.74, 6) is -2.41. The third kappa shape index (κ3) is 4.33. The lowest BCUT2D eigenvalue weighted by Crippen LogP contribution is -2.31. The van der Waals surface area contributed by atoms with E-state index in [1.807, 2.05) is 13.8 Å². The second kappa shape index (κ2) is 6.29. The van der Waals surface area contributed by atoms with E-state index >= 15 is 0 Å². The Labute approximate surface area is 110 Å². The summed E-state index contributed by atoms with van der Waals surface area (Å²) in [6.07, 6.45) is 0.125. The Bertz CT molecular complexity index is 489. The number of hydrogen-bond donors (Lipinski definition) is 3. The zero-order chi connectivity index (χ0) is 14.6. The van der Waals surface area contributed by atoms with Crippen LogP contribution in [0.3, 0.4) is 0 Å². The topological polar surface area (TPSA) is 92.4 Å². The molecule has 0 aliphatic carbocycles. The molecule has 6 heteroatoms. The standard InChI is InChI=1S/C13H17FN2O3/c1-7(2)11(15)6-12(17)16-8-3-4-9(13(18)19)10(14)5-8/h3-5,7,11H,6,15H2,1-2H3,(H,16,17)(H,18,19). The third-order valence-corrected chi connectivity index (χ3v) is 2.76. The molecule has 1 atom stereocenters. The van der Waals surface area contributed by atoms with Gasteiger partial charge in [0.2, 0.25) is 5.91 Å². The molecule has 0 fully saturated rings. The van der Waals surface area contributed by atoms with Gasteiger partial charge in [-0.25, -0.2) is 9.18 Å². The van der Waals surface area contributed by atoms with Crippen LogP contribution >= 0.6 is 0 Å². The Morgan fingerprint density at radius 3 is 2.53 bits per heavy atom. The maximum atomic E-state index is 13.4. The molecule has 0 aromatic heterocycles. The summed E-state index contributed by atoms with van der Waals surface area (Å²) in [4.78, 5) is 22.3. The Morgan fingerprint density at radius 1 is 1.42 bits per heavy atom. The predicted octanol–water partition coefficient (Wildman–Crippen LogP) is 1.84. The number of benzene rings is 1. The first-order valence-electron chi connectivity index (χ1n) is 5.89. The first kappa shape index (κ1) is 15.1. The van der Waals surface area contributed by atoms with Crippen LogP contribution in [-0.2, 0) is 4.79 Å². The second-order valence-corrected chi connectivity index (χ2v) is 4.66. The van der Waals surface area contributed by atoms with Gasteiger partial charge in [0.15, 0.2) is 0 Å². The molecule has 0 heterocycles. The highest BCUT2D eigenvalue weighted by atomic mass is 19.1. The molecule has 1 amide bonds. The Balaban J connectivity index is 2.70. The van der Waals surface area contributed by atoms with E-state index in [2.05, 4.69) is 5.32 Å². The molecule has 0 saturated heterocycles. The SMILES string of the molecule is CC(C)C(N)CC(=O)Nc1ccc(C(=O)O)c(F)c1. The molecule has 19 heavy (non-hydrogen) atoms. The molecule has 5 nitrogen and oxygen atoms in total. The molecule has 0 saturated carbocycles. The first-order valence-corrected chi connectivity index (χ1v) is 5.89. The van der Waals surface area contributed by atoms with E-state index in [0.29, 0.717) is 0 Å². The van der Waals surface area contributed by atoms with Gasteiger partial charge in [-0.05, 0) is 24.1 Å². The molecular weight excluding hydrogens is 251 g/mol. The first-order chi connectivity index (χ1) is 8.81. The molecule has 0 aliphatic heterocycles. The van der Waals surface area contributed by atoms with Crippen molar-refractivity contribution in [2.75, 3.05) is 5.32 Å². The molecule has 4 N–H and O–H groups in total. The van der Waals surface area contributed by atoms with E-state index in [-0.39, 0.29) is 30.0 Å². The number of anilines is 1. The molecule has 0 bridgehead atoms. The quantitative estimate of drug-likeness (QED) is 0.759. The fourth-order valence-corrected chi connectivity index (χ4v) is 1.43. The highest BCUT2D eigenvalue weighted by Crippen LogP contribution is 2.15. The minimum atomic E-state index is -1.35. The summed E-state index contributed by atoms with van der Waals surface area (Å²) in [6.45, 7) is 3.80. The third-order valence-electron chi connectivity index (χ3n) is 2.76. The summed E-state index contributed by atoms with van der Waals surface area (Å²) in [5, 5.41) is 11.2. The number of carbonyl (C=O) groups is 2. The zero-order valence-corrected chi connectivity index (χ0v) is 10.8. The van der Waals surface area contributed by atoms with Crippen molar-refractivity contribution in [2.24, 2.45) is 11.7 Å². The van der Waals surface area contributed by atoms with E-state index in [1.165, 1.54) is 6.07 Å². The van der Waals surface area contributed by atoms with Gasteiger partial charge in [-0.2, -0.15) is 0 Å². The van der Waals surface area contributed by atoms with Crippen LogP contribution in [0.5, 0.6) is 0 Å². The van der Waals surface area contributed by atoms with Gasteiger partial charge in [-0.15, -0.1) is 0 Å². The van der Waals surface area contributed by atoms with Gasteiger partial charge in [-0.3, -0.25) is 4.79 Å². The van der Waals surface area contributed by atoms with Crippen LogP contribution in [0.25, 0.3) is 0 Å². The molecule has 0 aliphatic rings. The molecule has 0 radical (unpaired) electrons. The van der Waals surface area contributed by atoms with Crippen LogP contribution in [-0.4, -0.2) is 23.0 Å². The fraction of sp³-hybridized carbons (Fsp3) is 0.385. The number of nitrogens with one attached hydrogen (secondary N) is 1. The maximum absolute atomic E-state index is 13.4.